The molecule has 0 bridgehead atoms. The summed E-state index contributed by atoms with van der Waals surface area (Å²) in [6.07, 6.45) is 1.43. The monoisotopic (exact) mass is 421 g/mol. The highest BCUT2D eigenvalue weighted by Gasteiger charge is 2.13. The SMILES string of the molecule is Cc1ccccc1NC(=O)C(=O)N/N=C/c1ccccc1OCc1ccc(Cl)cc1. The molecule has 6 nitrogen and oxygen atoms in total. The quantitative estimate of drug-likeness (QED) is 0.353. The molecule has 7 heteroatoms. The van der Waals surface area contributed by atoms with E-state index in [-0.39, 0.29) is 0 Å². The first-order valence-corrected chi connectivity index (χ1v) is 9.57. The van der Waals surface area contributed by atoms with Crippen LogP contribution < -0.4 is 15.5 Å². The number of benzene rings is 3. The Bertz CT molecular complexity index is 1070. The normalized spacial score (nSPS) is 10.6. The Kier molecular flexibility index (Phi) is 7.19. The number of anilines is 1. The molecule has 0 spiro atoms. The van der Waals surface area contributed by atoms with E-state index in [1.807, 2.05) is 43.3 Å². The molecule has 152 valence electrons. The van der Waals surface area contributed by atoms with Crippen LogP contribution in [-0.2, 0) is 16.2 Å². The van der Waals surface area contributed by atoms with Gasteiger partial charge in [-0.05, 0) is 48.4 Å². The minimum atomic E-state index is -0.867. The Morgan fingerprint density at radius 3 is 2.43 bits per heavy atom. The van der Waals surface area contributed by atoms with Crippen LogP contribution >= 0.6 is 11.6 Å². The predicted molar refractivity (Wildman–Crippen MR) is 118 cm³/mol. The largest absolute Gasteiger partial charge is 0.488 e. The van der Waals surface area contributed by atoms with Gasteiger partial charge in [-0.25, -0.2) is 5.43 Å². The number of ether oxygens (including phenoxy) is 1. The van der Waals surface area contributed by atoms with Crippen molar-refractivity contribution in [3.05, 3.63) is 94.5 Å². The molecule has 0 atom stereocenters. The lowest BCUT2D eigenvalue weighted by Crippen LogP contribution is -2.32. The molecule has 0 aliphatic carbocycles. The molecule has 3 aromatic carbocycles. The molecule has 0 aliphatic heterocycles. The highest BCUT2D eigenvalue weighted by molar-refractivity contribution is 6.39. The Hall–Kier alpha value is -3.64. The van der Waals surface area contributed by atoms with Crippen LogP contribution in [0.4, 0.5) is 5.69 Å². The molecule has 3 aromatic rings. The zero-order valence-corrected chi connectivity index (χ0v) is 17.0. The van der Waals surface area contributed by atoms with Crippen molar-refractivity contribution in [2.45, 2.75) is 13.5 Å². The van der Waals surface area contributed by atoms with Crippen LogP contribution in [0, 0.1) is 6.92 Å². The molecule has 30 heavy (non-hydrogen) atoms. The summed E-state index contributed by atoms with van der Waals surface area (Å²) in [7, 11) is 0. The number of carbonyl (C=O) groups excluding carboxylic acids is 2. The van der Waals surface area contributed by atoms with Gasteiger partial charge in [0.05, 0.1) is 6.21 Å². The maximum absolute atomic E-state index is 12.0. The highest BCUT2D eigenvalue weighted by Crippen LogP contribution is 2.18. The molecule has 0 aliphatic rings. The fourth-order valence-corrected chi connectivity index (χ4v) is 2.69. The number of amides is 2. The summed E-state index contributed by atoms with van der Waals surface area (Å²) in [6.45, 7) is 2.19. The van der Waals surface area contributed by atoms with Gasteiger partial charge in [0.25, 0.3) is 0 Å². The average molecular weight is 422 g/mol. The molecule has 0 heterocycles. The number of rotatable bonds is 6. The number of aryl methyl sites for hydroxylation is 1. The van der Waals surface area contributed by atoms with E-state index in [2.05, 4.69) is 15.8 Å². The fraction of sp³-hybridized carbons (Fsp3) is 0.0870. The summed E-state index contributed by atoms with van der Waals surface area (Å²) in [6, 6.07) is 21.8. The molecule has 2 amide bonds. The Morgan fingerprint density at radius 1 is 0.967 bits per heavy atom. The second-order valence-corrected chi connectivity index (χ2v) is 6.86. The van der Waals surface area contributed by atoms with Crippen molar-refractivity contribution in [1.29, 1.82) is 0 Å². The van der Waals surface area contributed by atoms with Gasteiger partial charge >= 0.3 is 11.8 Å². The van der Waals surface area contributed by atoms with Crippen molar-refractivity contribution in [2.24, 2.45) is 5.10 Å². The van der Waals surface area contributed by atoms with Gasteiger partial charge in [0.1, 0.15) is 12.4 Å². The molecule has 3 rings (SSSR count). The number of para-hydroxylation sites is 2. The highest BCUT2D eigenvalue weighted by atomic mass is 35.5. The molecule has 0 saturated heterocycles. The fourth-order valence-electron chi connectivity index (χ4n) is 2.56. The van der Waals surface area contributed by atoms with E-state index in [4.69, 9.17) is 16.3 Å². The van der Waals surface area contributed by atoms with Crippen molar-refractivity contribution in [2.75, 3.05) is 5.32 Å². The van der Waals surface area contributed by atoms with E-state index < -0.39 is 11.8 Å². The summed E-state index contributed by atoms with van der Waals surface area (Å²) >= 11 is 5.89. The summed E-state index contributed by atoms with van der Waals surface area (Å²) in [5, 5.41) is 7.09. The third-order valence-electron chi connectivity index (χ3n) is 4.20. The van der Waals surface area contributed by atoms with Gasteiger partial charge in [-0.15, -0.1) is 0 Å². The third-order valence-corrected chi connectivity index (χ3v) is 4.45. The zero-order valence-electron chi connectivity index (χ0n) is 16.3. The van der Waals surface area contributed by atoms with Crippen LogP contribution in [-0.4, -0.2) is 18.0 Å². The minimum absolute atomic E-state index is 0.354. The number of hydrazone groups is 1. The van der Waals surface area contributed by atoms with E-state index in [0.29, 0.717) is 28.6 Å². The Balaban J connectivity index is 1.58. The molecular formula is C23H20ClN3O3. The van der Waals surface area contributed by atoms with Crippen LogP contribution in [0.15, 0.2) is 77.9 Å². The van der Waals surface area contributed by atoms with Gasteiger partial charge in [-0.2, -0.15) is 5.10 Å². The molecular weight excluding hydrogens is 402 g/mol. The van der Waals surface area contributed by atoms with Gasteiger partial charge in [0.2, 0.25) is 0 Å². The summed E-state index contributed by atoms with van der Waals surface area (Å²) < 4.78 is 5.83. The van der Waals surface area contributed by atoms with Gasteiger partial charge in [-0.1, -0.05) is 54.1 Å². The van der Waals surface area contributed by atoms with Crippen molar-refractivity contribution >= 4 is 35.3 Å². The number of nitrogens with one attached hydrogen (secondary N) is 2. The molecule has 2 N–H and O–H groups in total. The van der Waals surface area contributed by atoms with Crippen molar-refractivity contribution in [3.8, 4) is 5.75 Å². The lowest BCUT2D eigenvalue weighted by molar-refractivity contribution is -0.136. The number of carbonyl (C=O) groups is 2. The smallest absolute Gasteiger partial charge is 0.329 e. The number of halogens is 1. The lowest BCUT2D eigenvalue weighted by Gasteiger charge is -2.09. The van der Waals surface area contributed by atoms with Gasteiger partial charge in [-0.3, -0.25) is 9.59 Å². The lowest BCUT2D eigenvalue weighted by atomic mass is 10.2. The van der Waals surface area contributed by atoms with E-state index in [9.17, 15) is 9.59 Å². The molecule has 0 unspecified atom stereocenters. The first-order chi connectivity index (χ1) is 14.5. The Morgan fingerprint density at radius 2 is 1.67 bits per heavy atom. The first kappa shape index (κ1) is 21.1. The third kappa shape index (κ3) is 5.93. The standard InChI is InChI=1S/C23H20ClN3O3/c1-16-6-2-4-8-20(16)26-22(28)23(29)27-25-14-18-7-3-5-9-21(18)30-15-17-10-12-19(24)13-11-17/h2-14H,15H2,1H3,(H,26,28)(H,27,29)/b25-14+. The van der Waals surface area contributed by atoms with E-state index in [1.54, 1.807) is 36.4 Å². The molecule has 0 radical (unpaired) electrons. The second-order valence-electron chi connectivity index (χ2n) is 6.42. The summed E-state index contributed by atoms with van der Waals surface area (Å²) in [5.41, 5.74) is 5.28. The summed E-state index contributed by atoms with van der Waals surface area (Å²) in [4.78, 5) is 24.0. The van der Waals surface area contributed by atoms with E-state index in [1.165, 1.54) is 6.21 Å². The summed E-state index contributed by atoms with van der Waals surface area (Å²) in [5.74, 6) is -1.07. The number of hydrogen-bond acceptors (Lipinski definition) is 4. The minimum Gasteiger partial charge on any atom is -0.488 e. The van der Waals surface area contributed by atoms with E-state index >= 15 is 0 Å². The Labute approximate surface area is 179 Å². The first-order valence-electron chi connectivity index (χ1n) is 9.19. The van der Waals surface area contributed by atoms with Crippen molar-refractivity contribution in [1.82, 2.24) is 5.43 Å². The average Bonchev–Trinajstić information content (AvgIpc) is 2.75. The second kappa shape index (κ2) is 10.2. The maximum atomic E-state index is 12.0. The van der Waals surface area contributed by atoms with Gasteiger partial charge < -0.3 is 10.1 Å². The van der Waals surface area contributed by atoms with Crippen molar-refractivity contribution < 1.29 is 14.3 Å². The topological polar surface area (TPSA) is 79.8 Å². The van der Waals surface area contributed by atoms with Gasteiger partial charge in [0, 0.05) is 16.3 Å². The predicted octanol–water partition coefficient (Wildman–Crippen LogP) is 4.32. The van der Waals surface area contributed by atoms with Crippen LogP contribution in [0.25, 0.3) is 0 Å². The molecule has 0 aromatic heterocycles. The molecule has 0 fully saturated rings. The number of hydrogen-bond donors (Lipinski definition) is 2. The van der Waals surface area contributed by atoms with Crippen LogP contribution in [0.3, 0.4) is 0 Å². The van der Waals surface area contributed by atoms with Crippen LogP contribution in [0.2, 0.25) is 5.02 Å². The van der Waals surface area contributed by atoms with Crippen LogP contribution in [0.1, 0.15) is 16.7 Å². The maximum Gasteiger partial charge on any atom is 0.329 e. The van der Waals surface area contributed by atoms with Gasteiger partial charge in [0.15, 0.2) is 0 Å². The van der Waals surface area contributed by atoms with Crippen LogP contribution in [0.5, 0.6) is 5.75 Å². The van der Waals surface area contributed by atoms with Crippen molar-refractivity contribution in [3.63, 3.8) is 0 Å². The number of nitrogens with zero attached hydrogens (tertiary/aromatic N) is 1. The molecule has 0 saturated carbocycles. The zero-order chi connectivity index (χ0) is 21.3. The van der Waals surface area contributed by atoms with E-state index in [0.717, 1.165) is 11.1 Å².